The highest BCUT2D eigenvalue weighted by molar-refractivity contribution is 5.71. The summed E-state index contributed by atoms with van der Waals surface area (Å²) in [6.07, 6.45) is 4.31. The molecule has 116 valence electrons. The molecule has 1 aromatic heterocycles. The molecule has 1 aliphatic rings. The smallest absolute Gasteiger partial charge is 0.310 e. The van der Waals surface area contributed by atoms with Crippen molar-refractivity contribution in [3.63, 3.8) is 0 Å². The number of aryl methyl sites for hydroxylation is 1. The summed E-state index contributed by atoms with van der Waals surface area (Å²) < 4.78 is 5.42. The molecule has 0 saturated carbocycles. The fraction of sp³-hybridized carbons (Fsp3) is 0.667. The van der Waals surface area contributed by atoms with Crippen LogP contribution in [-0.4, -0.2) is 51.7 Å². The van der Waals surface area contributed by atoms with E-state index in [-0.39, 0.29) is 18.7 Å². The molecule has 0 aromatic carbocycles. The molecule has 1 fully saturated rings. The van der Waals surface area contributed by atoms with Gasteiger partial charge in [-0.25, -0.2) is 0 Å². The Kier molecular flexibility index (Phi) is 5.25. The van der Waals surface area contributed by atoms with Crippen molar-refractivity contribution in [3.05, 3.63) is 23.8 Å². The van der Waals surface area contributed by atoms with Crippen LogP contribution in [0.4, 0.5) is 0 Å². The molecule has 21 heavy (non-hydrogen) atoms. The van der Waals surface area contributed by atoms with Crippen LogP contribution in [0.5, 0.6) is 0 Å². The highest BCUT2D eigenvalue weighted by atomic mass is 16.5. The van der Waals surface area contributed by atoms with Gasteiger partial charge in [0.2, 0.25) is 0 Å². The normalized spacial score (nSPS) is 23.4. The second-order valence-electron chi connectivity index (χ2n) is 5.49. The second kappa shape index (κ2) is 6.95. The van der Waals surface area contributed by atoms with Gasteiger partial charge in [0.15, 0.2) is 0 Å². The lowest BCUT2D eigenvalue weighted by molar-refractivity contribution is -0.143. The molecule has 0 bridgehead atoms. The number of carbonyl (C=O) groups is 1. The van der Waals surface area contributed by atoms with E-state index in [1.807, 2.05) is 6.92 Å². The monoisotopic (exact) mass is 293 g/mol. The zero-order chi connectivity index (χ0) is 15.4. The van der Waals surface area contributed by atoms with Gasteiger partial charge >= 0.3 is 5.97 Å². The Bertz CT molecular complexity index is 495. The van der Waals surface area contributed by atoms with Gasteiger partial charge in [-0.3, -0.25) is 19.7 Å². The third-order valence-corrected chi connectivity index (χ3v) is 4.09. The number of hydrogen-bond acceptors (Lipinski definition) is 5. The van der Waals surface area contributed by atoms with Crippen LogP contribution in [0.3, 0.4) is 0 Å². The van der Waals surface area contributed by atoms with Gasteiger partial charge in [0.05, 0.1) is 36.6 Å². The first-order chi connectivity index (χ1) is 10.1. The summed E-state index contributed by atoms with van der Waals surface area (Å²) in [5.41, 5.74) is 1.79. The molecule has 3 unspecified atom stereocenters. The first kappa shape index (κ1) is 15.9. The Hall–Kier alpha value is -1.53. The molecule has 0 amide bonds. The Morgan fingerprint density at radius 3 is 2.81 bits per heavy atom. The number of aliphatic carboxylic acids is 1. The summed E-state index contributed by atoms with van der Waals surface area (Å²) >= 11 is 0. The Morgan fingerprint density at radius 2 is 2.19 bits per heavy atom. The second-order valence-corrected chi connectivity index (χ2v) is 5.49. The van der Waals surface area contributed by atoms with Gasteiger partial charge in [0.1, 0.15) is 0 Å². The van der Waals surface area contributed by atoms with Crippen LogP contribution >= 0.6 is 0 Å². The fourth-order valence-electron chi connectivity index (χ4n) is 3.00. The van der Waals surface area contributed by atoms with E-state index in [4.69, 9.17) is 4.74 Å². The van der Waals surface area contributed by atoms with Gasteiger partial charge in [-0.2, -0.15) is 0 Å². The molecule has 2 heterocycles. The molecular formula is C15H23N3O3. The molecule has 2 rings (SSSR count). The SMILES string of the molecule is CCCN(C(C)c1nccnc1C)C1COCC1C(=O)O. The maximum Gasteiger partial charge on any atom is 0.310 e. The van der Waals surface area contributed by atoms with E-state index in [0.29, 0.717) is 6.61 Å². The lowest BCUT2D eigenvalue weighted by Crippen LogP contribution is -2.45. The van der Waals surface area contributed by atoms with Crippen molar-refractivity contribution in [2.24, 2.45) is 5.92 Å². The fourth-order valence-corrected chi connectivity index (χ4v) is 3.00. The first-order valence-electron chi connectivity index (χ1n) is 7.40. The summed E-state index contributed by atoms with van der Waals surface area (Å²) in [5.74, 6) is -1.27. The number of nitrogens with zero attached hydrogens (tertiary/aromatic N) is 3. The number of carboxylic acid groups (broad SMARTS) is 1. The maximum atomic E-state index is 11.4. The van der Waals surface area contributed by atoms with Crippen molar-refractivity contribution in [2.45, 2.75) is 39.3 Å². The standard InChI is InChI=1S/C15H23N3O3/c1-4-7-18(13-9-21-8-12(13)15(19)20)11(3)14-10(2)16-5-6-17-14/h5-6,11-13H,4,7-9H2,1-3H3,(H,19,20). The summed E-state index contributed by atoms with van der Waals surface area (Å²) in [6.45, 7) is 7.64. The Balaban J connectivity index is 2.26. The summed E-state index contributed by atoms with van der Waals surface area (Å²) in [5, 5.41) is 9.37. The Labute approximate surface area is 125 Å². The third-order valence-electron chi connectivity index (χ3n) is 4.09. The van der Waals surface area contributed by atoms with Crippen molar-refractivity contribution >= 4 is 5.97 Å². The average Bonchev–Trinajstić information content (AvgIpc) is 2.94. The van der Waals surface area contributed by atoms with Crippen LogP contribution < -0.4 is 0 Å². The van der Waals surface area contributed by atoms with E-state index in [1.54, 1.807) is 12.4 Å². The molecule has 3 atom stereocenters. The molecule has 1 N–H and O–H groups in total. The highest BCUT2D eigenvalue weighted by Crippen LogP contribution is 2.29. The predicted octanol–water partition coefficient (Wildman–Crippen LogP) is 1.66. The van der Waals surface area contributed by atoms with Crippen molar-refractivity contribution < 1.29 is 14.6 Å². The number of aromatic nitrogens is 2. The van der Waals surface area contributed by atoms with E-state index < -0.39 is 11.9 Å². The van der Waals surface area contributed by atoms with E-state index in [1.165, 1.54) is 0 Å². The minimum absolute atomic E-state index is 0.0206. The lowest BCUT2D eigenvalue weighted by Gasteiger charge is -2.35. The van der Waals surface area contributed by atoms with Gasteiger partial charge in [0, 0.05) is 18.4 Å². The van der Waals surface area contributed by atoms with Crippen LogP contribution in [0.25, 0.3) is 0 Å². The molecule has 1 saturated heterocycles. The topological polar surface area (TPSA) is 75.5 Å². The zero-order valence-corrected chi connectivity index (χ0v) is 12.8. The largest absolute Gasteiger partial charge is 0.481 e. The van der Waals surface area contributed by atoms with Crippen LogP contribution in [-0.2, 0) is 9.53 Å². The molecule has 0 aliphatic carbocycles. The summed E-state index contributed by atoms with van der Waals surface area (Å²) in [7, 11) is 0. The van der Waals surface area contributed by atoms with E-state index in [2.05, 4.69) is 28.7 Å². The third kappa shape index (κ3) is 3.39. The van der Waals surface area contributed by atoms with Crippen LogP contribution in [0.15, 0.2) is 12.4 Å². The number of carboxylic acids is 1. The molecule has 6 nitrogen and oxygen atoms in total. The number of rotatable bonds is 6. The minimum atomic E-state index is -0.790. The van der Waals surface area contributed by atoms with Crippen LogP contribution in [0.2, 0.25) is 0 Å². The zero-order valence-electron chi connectivity index (χ0n) is 12.8. The van der Waals surface area contributed by atoms with Crippen LogP contribution in [0, 0.1) is 12.8 Å². The summed E-state index contributed by atoms with van der Waals surface area (Å²) in [4.78, 5) is 22.3. The molecule has 1 aliphatic heterocycles. The average molecular weight is 293 g/mol. The van der Waals surface area contributed by atoms with Crippen molar-refractivity contribution in [1.82, 2.24) is 14.9 Å². The highest BCUT2D eigenvalue weighted by Gasteiger charge is 2.40. The van der Waals surface area contributed by atoms with Gasteiger partial charge in [0.25, 0.3) is 0 Å². The van der Waals surface area contributed by atoms with Crippen molar-refractivity contribution in [1.29, 1.82) is 0 Å². The molecule has 0 radical (unpaired) electrons. The molecule has 1 aromatic rings. The van der Waals surface area contributed by atoms with E-state index in [9.17, 15) is 9.90 Å². The molecule has 6 heteroatoms. The van der Waals surface area contributed by atoms with Crippen LogP contribution in [0.1, 0.15) is 37.7 Å². The number of hydrogen-bond donors (Lipinski definition) is 1. The Morgan fingerprint density at radius 1 is 1.48 bits per heavy atom. The van der Waals surface area contributed by atoms with E-state index >= 15 is 0 Å². The molecular weight excluding hydrogens is 270 g/mol. The van der Waals surface area contributed by atoms with Gasteiger partial charge < -0.3 is 9.84 Å². The van der Waals surface area contributed by atoms with E-state index in [0.717, 1.165) is 24.4 Å². The van der Waals surface area contributed by atoms with Gasteiger partial charge in [-0.05, 0) is 26.8 Å². The van der Waals surface area contributed by atoms with Gasteiger partial charge in [-0.1, -0.05) is 6.92 Å². The lowest BCUT2D eigenvalue weighted by atomic mass is 9.99. The maximum absolute atomic E-state index is 11.4. The van der Waals surface area contributed by atoms with Crippen molar-refractivity contribution in [2.75, 3.05) is 19.8 Å². The predicted molar refractivity (Wildman–Crippen MR) is 77.9 cm³/mol. The van der Waals surface area contributed by atoms with Gasteiger partial charge in [-0.15, -0.1) is 0 Å². The number of ether oxygens (including phenoxy) is 1. The minimum Gasteiger partial charge on any atom is -0.481 e. The van der Waals surface area contributed by atoms with Crippen molar-refractivity contribution in [3.8, 4) is 0 Å². The summed E-state index contributed by atoms with van der Waals surface area (Å²) in [6, 6.07) is -0.0916. The first-order valence-corrected chi connectivity index (χ1v) is 7.40. The molecule has 0 spiro atoms. The quantitative estimate of drug-likeness (QED) is 0.859.